The monoisotopic (exact) mass is 926 g/mol. The zero-order valence-electron chi connectivity index (χ0n) is 33.2. The Bertz CT molecular complexity index is 3080. The molecule has 1 spiro atoms. The van der Waals surface area contributed by atoms with Gasteiger partial charge in [0.25, 0.3) is 0 Å². The van der Waals surface area contributed by atoms with Crippen molar-refractivity contribution in [3.8, 4) is 0 Å². The largest absolute Gasteiger partial charge is 0.748 e. The lowest BCUT2D eigenvalue weighted by Gasteiger charge is -2.23. The molecule has 4 aromatic rings. The highest BCUT2D eigenvalue weighted by Gasteiger charge is 2.71. The molecule has 3 aliphatic heterocycles. The fourth-order valence-electron chi connectivity index (χ4n) is 9.74. The fraction of sp³-hybridized carbons (Fsp3) is 0.310. The highest BCUT2D eigenvalue weighted by Crippen LogP contribution is 2.62. The molecule has 14 nitrogen and oxygen atoms in total. The van der Waals surface area contributed by atoms with Gasteiger partial charge in [-0.05, 0) is 122 Å². The van der Waals surface area contributed by atoms with Crippen LogP contribution in [0.1, 0.15) is 58.1 Å². The molecule has 1 aliphatic carbocycles. The molecule has 0 radical (unpaired) electrons. The van der Waals surface area contributed by atoms with E-state index in [-0.39, 0.29) is 22.5 Å². The molecule has 8 rings (SSSR count). The van der Waals surface area contributed by atoms with Gasteiger partial charge in [-0.15, -0.1) is 0 Å². The number of nitrogens with zero attached hydrogens (tertiary/aromatic N) is 2. The summed E-state index contributed by atoms with van der Waals surface area (Å²) in [6.45, 7) is 7.80. The standard InChI is InChI=1S/C42H41ClN2O12S4/c1-41(2)35(44(20-21-59(47,48)49)33-16-8-27-22-29(58-57-56-46)12-14-31(27)38(33)41)18-10-25-6-5-7-26(40(25)43)11-19-36-42(3,4)39-32-15-13-30(60(50,51)52)23-28(32)9-17-34(39)45(36)24-37(45)61(53,54)55/h8-19,22-23,37H,5-7,20-21,24H2,1-4H3,(H2-2,46,47,48,49,50,51,52,53,54,55)/p-2/b18-10+,26-11+,36-19+. The van der Waals surface area contributed by atoms with E-state index in [1.165, 1.54) is 12.1 Å². The summed E-state index contributed by atoms with van der Waals surface area (Å²) in [5.74, 6) is -0.626. The first kappa shape index (κ1) is 43.9. The second kappa shape index (κ2) is 15.2. The molecule has 1 saturated heterocycles. The van der Waals surface area contributed by atoms with Crippen molar-refractivity contribution in [2.45, 2.75) is 73.0 Å². The normalized spacial score (nSPS) is 23.7. The van der Waals surface area contributed by atoms with Gasteiger partial charge in [0.1, 0.15) is 31.6 Å². The molecular weight excluding hydrogens is 888 g/mol. The number of quaternary nitrogens is 1. The summed E-state index contributed by atoms with van der Waals surface area (Å²) in [6.07, 6.45) is 9.45. The summed E-state index contributed by atoms with van der Waals surface area (Å²) in [7, 11) is -14.1. The highest BCUT2D eigenvalue weighted by atomic mass is 35.5. The Morgan fingerprint density at radius 3 is 2.21 bits per heavy atom. The molecule has 3 heterocycles. The molecule has 4 aromatic carbocycles. The van der Waals surface area contributed by atoms with Crippen molar-refractivity contribution < 1.29 is 58.1 Å². The molecule has 2 atom stereocenters. The molecule has 4 aliphatic rings. The van der Waals surface area contributed by atoms with E-state index in [4.69, 9.17) is 11.6 Å². The predicted molar refractivity (Wildman–Crippen MR) is 226 cm³/mol. The van der Waals surface area contributed by atoms with E-state index >= 15 is 0 Å². The summed E-state index contributed by atoms with van der Waals surface area (Å²) >= 11 is 7.93. The van der Waals surface area contributed by atoms with Crippen LogP contribution in [0.25, 0.3) is 21.5 Å². The molecule has 61 heavy (non-hydrogen) atoms. The number of hydrogen-bond acceptors (Lipinski definition) is 13. The number of allylic oxidation sites excluding steroid dienone is 8. The molecular formula is C42H39ClN2O12S4-2. The Labute approximate surface area is 363 Å². The van der Waals surface area contributed by atoms with E-state index < -0.39 is 52.3 Å². The zero-order valence-corrected chi connectivity index (χ0v) is 37.2. The molecule has 0 aromatic heterocycles. The minimum atomic E-state index is -4.75. The lowest BCUT2D eigenvalue weighted by Crippen LogP contribution is -2.33. The number of hydrogen-bond donors (Lipinski definition) is 0. The van der Waals surface area contributed by atoms with Gasteiger partial charge in [0, 0.05) is 39.3 Å². The summed E-state index contributed by atoms with van der Waals surface area (Å²) in [5.41, 5.74) is 4.44. The first-order valence-corrected chi connectivity index (χ1v) is 24.7. The van der Waals surface area contributed by atoms with Crippen LogP contribution in [0.15, 0.2) is 117 Å². The van der Waals surface area contributed by atoms with Crippen molar-refractivity contribution in [1.82, 2.24) is 4.48 Å². The maximum absolute atomic E-state index is 12.6. The topological polar surface area (TPSA) is 216 Å². The molecule has 2 unspecified atom stereocenters. The lowest BCUT2D eigenvalue weighted by atomic mass is 9.78. The van der Waals surface area contributed by atoms with Gasteiger partial charge in [0.2, 0.25) is 11.1 Å². The Morgan fingerprint density at radius 1 is 0.852 bits per heavy atom. The van der Waals surface area contributed by atoms with Crippen LogP contribution in [0, 0.1) is 0 Å². The molecule has 0 saturated carbocycles. The SMILES string of the molecule is CC1(C)C(/C=C/C2=C(Cl)C(=C/C=C3\C(C)(C)c4c(ccc5cc(S(=O)(=O)[O-])ccc45)[N+]34CC4S(=O)(=O)[O-])/CCC2)=[N+](CCS(=O)(=O)[O-])c2ccc3cc(SOO[O-])ccc3c21. The maximum Gasteiger partial charge on any atom is 0.238 e. The second-order valence-electron chi connectivity index (χ2n) is 16.7. The van der Waals surface area contributed by atoms with Gasteiger partial charge >= 0.3 is 0 Å². The fourth-order valence-corrected chi connectivity index (χ4v) is 12.5. The van der Waals surface area contributed by atoms with E-state index in [2.05, 4.69) is 9.37 Å². The number of rotatable bonds is 11. The van der Waals surface area contributed by atoms with Crippen LogP contribution in [0.5, 0.6) is 0 Å². The van der Waals surface area contributed by atoms with Crippen LogP contribution < -0.4 is 9.74 Å². The zero-order chi connectivity index (χ0) is 44.1. The van der Waals surface area contributed by atoms with Crippen LogP contribution in [-0.4, -0.2) is 73.4 Å². The van der Waals surface area contributed by atoms with Crippen molar-refractivity contribution in [1.29, 1.82) is 0 Å². The maximum atomic E-state index is 12.6. The van der Waals surface area contributed by atoms with Gasteiger partial charge in [0.05, 0.1) is 33.5 Å². The van der Waals surface area contributed by atoms with Gasteiger partial charge in [-0.25, -0.2) is 29.7 Å². The van der Waals surface area contributed by atoms with Gasteiger partial charge in [-0.2, -0.15) is 8.91 Å². The van der Waals surface area contributed by atoms with E-state index in [0.29, 0.717) is 44.9 Å². The Kier molecular flexibility index (Phi) is 10.9. The van der Waals surface area contributed by atoms with E-state index in [0.717, 1.165) is 62.9 Å². The van der Waals surface area contributed by atoms with Crippen molar-refractivity contribution in [2.24, 2.45) is 0 Å². The number of benzene rings is 4. The second-order valence-corrected chi connectivity index (χ2v) is 22.3. The highest BCUT2D eigenvalue weighted by molar-refractivity contribution is 7.94. The third kappa shape index (κ3) is 7.63. The van der Waals surface area contributed by atoms with Crippen molar-refractivity contribution in [3.63, 3.8) is 0 Å². The Balaban J connectivity index is 1.19. The molecule has 322 valence electrons. The third-order valence-corrected chi connectivity index (χ3v) is 16.1. The summed E-state index contributed by atoms with van der Waals surface area (Å²) in [4.78, 5) is 0.238. The minimum Gasteiger partial charge on any atom is -0.748 e. The van der Waals surface area contributed by atoms with Gasteiger partial charge in [0.15, 0.2) is 28.9 Å². The average Bonchev–Trinajstić information content (AvgIpc) is 3.85. The first-order chi connectivity index (χ1) is 28.5. The first-order valence-electron chi connectivity index (χ1n) is 19.1. The lowest BCUT2D eigenvalue weighted by molar-refractivity contribution is -0.777. The molecule has 0 bridgehead atoms. The molecule has 0 amide bonds. The number of halogens is 1. The van der Waals surface area contributed by atoms with Crippen LogP contribution in [0.4, 0.5) is 11.4 Å². The van der Waals surface area contributed by atoms with Crippen molar-refractivity contribution in [2.75, 3.05) is 18.8 Å². The number of fused-ring (bicyclic) bond motifs is 7. The van der Waals surface area contributed by atoms with Crippen LogP contribution >= 0.6 is 23.6 Å². The van der Waals surface area contributed by atoms with Crippen LogP contribution in [0.2, 0.25) is 0 Å². The van der Waals surface area contributed by atoms with Crippen molar-refractivity contribution in [3.05, 3.63) is 118 Å². The smallest absolute Gasteiger partial charge is 0.238 e. The summed E-state index contributed by atoms with van der Waals surface area (Å²) < 4.78 is 115. The van der Waals surface area contributed by atoms with E-state index in [9.17, 15) is 44.2 Å². The Hall–Kier alpha value is -3.76. The predicted octanol–water partition coefficient (Wildman–Crippen LogP) is 6.28. The van der Waals surface area contributed by atoms with Gasteiger partial charge in [-0.3, -0.25) is 5.04 Å². The van der Waals surface area contributed by atoms with Crippen LogP contribution in [0.3, 0.4) is 0 Å². The van der Waals surface area contributed by atoms with Crippen molar-refractivity contribution >= 4 is 92.6 Å². The minimum absolute atomic E-state index is 0.0223. The third-order valence-electron chi connectivity index (χ3n) is 12.4. The van der Waals surface area contributed by atoms with Gasteiger partial charge in [-0.1, -0.05) is 35.9 Å². The molecule has 1 fully saturated rings. The van der Waals surface area contributed by atoms with Gasteiger partial charge < -0.3 is 18.9 Å². The van der Waals surface area contributed by atoms with E-state index in [1.54, 1.807) is 24.3 Å². The summed E-state index contributed by atoms with van der Waals surface area (Å²) in [5, 5.41) is 16.0. The van der Waals surface area contributed by atoms with E-state index in [1.807, 2.05) is 80.8 Å². The average molecular weight is 927 g/mol. The Morgan fingerprint density at radius 2 is 1.54 bits per heavy atom. The molecule has 0 N–H and O–H groups in total. The van der Waals surface area contributed by atoms with Crippen LogP contribution in [-0.2, 0) is 50.6 Å². The summed E-state index contributed by atoms with van der Waals surface area (Å²) in [6, 6.07) is 16.6. The quantitative estimate of drug-likeness (QED) is 0.0308. The molecule has 19 heteroatoms.